The Balaban J connectivity index is 2.23. The van der Waals surface area contributed by atoms with E-state index in [4.69, 9.17) is 14.2 Å². The molecule has 0 unspecified atom stereocenters. The predicted molar refractivity (Wildman–Crippen MR) is 67.1 cm³/mol. The van der Waals surface area contributed by atoms with E-state index in [2.05, 4.69) is 15.9 Å². The van der Waals surface area contributed by atoms with Crippen LogP contribution in [-0.2, 0) is 9.47 Å². The minimum atomic E-state index is 0.557. The lowest BCUT2D eigenvalue weighted by molar-refractivity contribution is 0.0543. The van der Waals surface area contributed by atoms with Gasteiger partial charge in [0.05, 0.1) is 19.8 Å². The first-order valence-corrected chi connectivity index (χ1v) is 5.99. The molecule has 0 aliphatic heterocycles. The SMILES string of the molecule is COCCOCCOc1cc(Br)ccc1C. The Bertz CT molecular complexity index is 315. The predicted octanol–water partition coefficient (Wildman–Crippen LogP) is 2.80. The average Bonchev–Trinajstić information content (AvgIpc) is 2.28. The zero-order valence-corrected chi connectivity index (χ0v) is 11.2. The average molecular weight is 289 g/mol. The number of halogens is 1. The van der Waals surface area contributed by atoms with Gasteiger partial charge < -0.3 is 14.2 Å². The van der Waals surface area contributed by atoms with Crippen LogP contribution in [0, 0.1) is 6.92 Å². The molecule has 16 heavy (non-hydrogen) atoms. The van der Waals surface area contributed by atoms with E-state index < -0.39 is 0 Å². The molecule has 0 heterocycles. The summed E-state index contributed by atoms with van der Waals surface area (Å²) in [4.78, 5) is 0. The molecule has 0 fully saturated rings. The van der Waals surface area contributed by atoms with Gasteiger partial charge in [-0.05, 0) is 24.6 Å². The smallest absolute Gasteiger partial charge is 0.123 e. The summed E-state index contributed by atoms with van der Waals surface area (Å²) < 4.78 is 16.8. The first-order valence-electron chi connectivity index (χ1n) is 5.19. The van der Waals surface area contributed by atoms with Crippen molar-refractivity contribution in [3.8, 4) is 5.75 Å². The zero-order chi connectivity index (χ0) is 11.8. The highest BCUT2D eigenvalue weighted by molar-refractivity contribution is 9.10. The summed E-state index contributed by atoms with van der Waals surface area (Å²) in [5.74, 6) is 0.893. The van der Waals surface area contributed by atoms with Crippen LogP contribution in [0.1, 0.15) is 5.56 Å². The van der Waals surface area contributed by atoms with E-state index in [1.54, 1.807) is 7.11 Å². The van der Waals surface area contributed by atoms with Gasteiger partial charge in [0.1, 0.15) is 12.4 Å². The number of benzene rings is 1. The molecule has 0 bridgehead atoms. The second-order valence-electron chi connectivity index (χ2n) is 3.36. The summed E-state index contributed by atoms with van der Waals surface area (Å²) >= 11 is 3.41. The number of aryl methyl sites for hydroxylation is 1. The largest absolute Gasteiger partial charge is 0.491 e. The maximum atomic E-state index is 5.60. The van der Waals surface area contributed by atoms with Gasteiger partial charge >= 0.3 is 0 Å². The van der Waals surface area contributed by atoms with Crippen LogP contribution >= 0.6 is 15.9 Å². The van der Waals surface area contributed by atoms with Gasteiger partial charge in [0, 0.05) is 11.6 Å². The van der Waals surface area contributed by atoms with Crippen molar-refractivity contribution in [2.24, 2.45) is 0 Å². The molecule has 0 radical (unpaired) electrons. The Kier molecular flexibility index (Phi) is 6.45. The van der Waals surface area contributed by atoms with Crippen molar-refractivity contribution in [2.45, 2.75) is 6.92 Å². The third-order valence-corrected chi connectivity index (χ3v) is 2.56. The Morgan fingerprint density at radius 1 is 1.12 bits per heavy atom. The molecule has 0 aliphatic carbocycles. The Morgan fingerprint density at radius 3 is 2.62 bits per heavy atom. The zero-order valence-electron chi connectivity index (χ0n) is 9.66. The fraction of sp³-hybridized carbons (Fsp3) is 0.500. The van der Waals surface area contributed by atoms with Gasteiger partial charge in [-0.2, -0.15) is 0 Å². The van der Waals surface area contributed by atoms with Crippen LogP contribution < -0.4 is 4.74 Å². The van der Waals surface area contributed by atoms with E-state index in [0.717, 1.165) is 15.8 Å². The Morgan fingerprint density at radius 2 is 1.88 bits per heavy atom. The highest BCUT2D eigenvalue weighted by Crippen LogP contribution is 2.22. The normalized spacial score (nSPS) is 10.4. The third-order valence-electron chi connectivity index (χ3n) is 2.07. The van der Waals surface area contributed by atoms with Gasteiger partial charge in [-0.15, -0.1) is 0 Å². The fourth-order valence-corrected chi connectivity index (χ4v) is 1.52. The lowest BCUT2D eigenvalue weighted by Gasteiger charge is -2.09. The van der Waals surface area contributed by atoms with Gasteiger partial charge in [0.15, 0.2) is 0 Å². The molecule has 0 atom stereocenters. The number of ether oxygens (including phenoxy) is 3. The van der Waals surface area contributed by atoms with Crippen molar-refractivity contribution in [1.82, 2.24) is 0 Å². The van der Waals surface area contributed by atoms with Gasteiger partial charge in [-0.1, -0.05) is 22.0 Å². The standard InChI is InChI=1S/C12H17BrO3/c1-10-3-4-11(13)9-12(10)16-8-7-15-6-5-14-2/h3-4,9H,5-8H2,1-2H3. The molecular formula is C12H17BrO3. The second kappa shape index (κ2) is 7.65. The molecule has 1 rings (SSSR count). The van der Waals surface area contributed by atoms with Crippen LogP contribution in [0.2, 0.25) is 0 Å². The van der Waals surface area contributed by atoms with E-state index >= 15 is 0 Å². The Labute approximate surface area is 105 Å². The molecule has 4 heteroatoms. The van der Waals surface area contributed by atoms with E-state index in [-0.39, 0.29) is 0 Å². The molecular weight excluding hydrogens is 272 g/mol. The maximum absolute atomic E-state index is 5.60. The van der Waals surface area contributed by atoms with E-state index in [1.807, 2.05) is 25.1 Å². The van der Waals surface area contributed by atoms with Crippen molar-refractivity contribution in [3.63, 3.8) is 0 Å². The number of hydrogen-bond donors (Lipinski definition) is 0. The first kappa shape index (κ1) is 13.5. The molecule has 0 N–H and O–H groups in total. The van der Waals surface area contributed by atoms with Crippen LogP contribution in [0.5, 0.6) is 5.75 Å². The summed E-state index contributed by atoms with van der Waals surface area (Å²) in [6, 6.07) is 5.98. The molecule has 0 amide bonds. The van der Waals surface area contributed by atoms with E-state index in [0.29, 0.717) is 26.4 Å². The molecule has 1 aromatic carbocycles. The van der Waals surface area contributed by atoms with Crippen molar-refractivity contribution >= 4 is 15.9 Å². The topological polar surface area (TPSA) is 27.7 Å². The van der Waals surface area contributed by atoms with Crippen LogP contribution in [-0.4, -0.2) is 33.5 Å². The van der Waals surface area contributed by atoms with Crippen LogP contribution in [0.4, 0.5) is 0 Å². The minimum absolute atomic E-state index is 0.557. The number of methoxy groups -OCH3 is 1. The molecule has 90 valence electrons. The lowest BCUT2D eigenvalue weighted by atomic mass is 10.2. The first-order chi connectivity index (χ1) is 7.74. The van der Waals surface area contributed by atoms with Crippen molar-refractivity contribution in [2.75, 3.05) is 33.5 Å². The van der Waals surface area contributed by atoms with Gasteiger partial charge in [-0.3, -0.25) is 0 Å². The molecule has 0 aliphatic rings. The highest BCUT2D eigenvalue weighted by Gasteiger charge is 1.99. The summed E-state index contributed by atoms with van der Waals surface area (Å²) in [5.41, 5.74) is 1.13. The van der Waals surface area contributed by atoms with Gasteiger partial charge in [0.25, 0.3) is 0 Å². The number of hydrogen-bond acceptors (Lipinski definition) is 3. The summed E-state index contributed by atoms with van der Waals surface area (Å²) in [5, 5.41) is 0. The molecule has 0 aromatic heterocycles. The summed E-state index contributed by atoms with van der Waals surface area (Å²) in [6.07, 6.45) is 0. The molecule has 1 aromatic rings. The Hall–Kier alpha value is -0.580. The van der Waals surface area contributed by atoms with Crippen LogP contribution in [0.3, 0.4) is 0 Å². The maximum Gasteiger partial charge on any atom is 0.123 e. The van der Waals surface area contributed by atoms with Gasteiger partial charge in [-0.25, -0.2) is 0 Å². The summed E-state index contributed by atoms with van der Waals surface area (Å²) in [7, 11) is 1.66. The molecule has 0 saturated heterocycles. The van der Waals surface area contributed by atoms with Gasteiger partial charge in [0.2, 0.25) is 0 Å². The lowest BCUT2D eigenvalue weighted by Crippen LogP contribution is -2.10. The van der Waals surface area contributed by atoms with Crippen LogP contribution in [0.25, 0.3) is 0 Å². The van der Waals surface area contributed by atoms with E-state index in [9.17, 15) is 0 Å². The minimum Gasteiger partial charge on any atom is -0.491 e. The molecule has 0 spiro atoms. The van der Waals surface area contributed by atoms with Crippen molar-refractivity contribution < 1.29 is 14.2 Å². The number of rotatable bonds is 7. The van der Waals surface area contributed by atoms with E-state index in [1.165, 1.54) is 0 Å². The van der Waals surface area contributed by atoms with Crippen molar-refractivity contribution in [1.29, 1.82) is 0 Å². The quantitative estimate of drug-likeness (QED) is 0.722. The monoisotopic (exact) mass is 288 g/mol. The highest BCUT2D eigenvalue weighted by atomic mass is 79.9. The fourth-order valence-electron chi connectivity index (χ4n) is 1.18. The molecule has 0 saturated carbocycles. The summed E-state index contributed by atoms with van der Waals surface area (Å²) in [6.45, 7) is 4.39. The van der Waals surface area contributed by atoms with Crippen molar-refractivity contribution in [3.05, 3.63) is 28.2 Å². The van der Waals surface area contributed by atoms with Crippen LogP contribution in [0.15, 0.2) is 22.7 Å². The second-order valence-corrected chi connectivity index (χ2v) is 4.28. The third kappa shape index (κ3) is 4.96. The molecule has 3 nitrogen and oxygen atoms in total.